The monoisotopic (exact) mass is 344 g/mol. The van der Waals surface area contributed by atoms with Crippen molar-refractivity contribution in [3.05, 3.63) is 22.7 Å². The van der Waals surface area contributed by atoms with Crippen LogP contribution in [-0.4, -0.2) is 57.6 Å². The maximum absolute atomic E-state index is 11.6. The standard InChI is InChI=1S/C15H21ClN2O5/c1-21-3-2-17-9-14(20)18-8-12(19)10-6-11(16)15-13(7-10)22-4-5-23-15/h6-7,12,17,19H,2-5,8-9H2,1H3,(H,18,20). The number of halogens is 1. The topological polar surface area (TPSA) is 89.1 Å². The molecule has 0 radical (unpaired) electrons. The molecule has 23 heavy (non-hydrogen) atoms. The minimum atomic E-state index is -0.883. The van der Waals surface area contributed by atoms with Crippen LogP contribution in [-0.2, 0) is 9.53 Å². The van der Waals surface area contributed by atoms with E-state index in [2.05, 4.69) is 10.6 Å². The number of carbonyl (C=O) groups excluding carboxylic acids is 1. The second-order valence-corrected chi connectivity index (χ2v) is 5.42. The van der Waals surface area contributed by atoms with Crippen molar-refractivity contribution < 1.29 is 24.1 Å². The highest BCUT2D eigenvalue weighted by molar-refractivity contribution is 6.32. The van der Waals surface area contributed by atoms with Crippen LogP contribution in [0.5, 0.6) is 11.5 Å². The van der Waals surface area contributed by atoms with Crippen LogP contribution in [0.3, 0.4) is 0 Å². The molecule has 8 heteroatoms. The van der Waals surface area contributed by atoms with Crippen molar-refractivity contribution >= 4 is 17.5 Å². The number of aliphatic hydroxyl groups is 1. The van der Waals surface area contributed by atoms with Gasteiger partial charge in [0.15, 0.2) is 11.5 Å². The molecule has 0 aromatic heterocycles. The molecule has 1 aromatic carbocycles. The fourth-order valence-corrected chi connectivity index (χ4v) is 2.36. The lowest BCUT2D eigenvalue weighted by Gasteiger charge is -2.21. The second kappa shape index (κ2) is 8.93. The molecule has 0 saturated carbocycles. The molecule has 1 aliphatic rings. The Kier molecular flexibility index (Phi) is 6.91. The van der Waals surface area contributed by atoms with E-state index in [4.69, 9.17) is 25.8 Å². The molecule has 1 aliphatic heterocycles. The van der Waals surface area contributed by atoms with E-state index in [1.54, 1.807) is 19.2 Å². The lowest BCUT2D eigenvalue weighted by atomic mass is 10.1. The van der Waals surface area contributed by atoms with Gasteiger partial charge in [-0.2, -0.15) is 0 Å². The SMILES string of the molecule is COCCNCC(=O)NCC(O)c1cc(Cl)c2c(c1)OCCO2. The fourth-order valence-electron chi connectivity index (χ4n) is 2.09. The molecule has 128 valence electrons. The Morgan fingerprint density at radius 3 is 3.00 bits per heavy atom. The van der Waals surface area contributed by atoms with E-state index < -0.39 is 6.10 Å². The number of ether oxygens (including phenoxy) is 3. The van der Waals surface area contributed by atoms with Crippen molar-refractivity contribution in [2.24, 2.45) is 0 Å². The van der Waals surface area contributed by atoms with Gasteiger partial charge in [-0.3, -0.25) is 4.79 Å². The van der Waals surface area contributed by atoms with Crippen LogP contribution in [0.1, 0.15) is 11.7 Å². The number of nitrogens with one attached hydrogen (secondary N) is 2. The van der Waals surface area contributed by atoms with Gasteiger partial charge in [-0.05, 0) is 17.7 Å². The van der Waals surface area contributed by atoms with Gasteiger partial charge in [-0.1, -0.05) is 11.6 Å². The average molecular weight is 345 g/mol. The average Bonchev–Trinajstić information content (AvgIpc) is 2.56. The van der Waals surface area contributed by atoms with Gasteiger partial charge in [-0.25, -0.2) is 0 Å². The molecule has 0 fully saturated rings. The fraction of sp³-hybridized carbons (Fsp3) is 0.533. The first-order chi connectivity index (χ1) is 11.1. The summed E-state index contributed by atoms with van der Waals surface area (Å²) in [7, 11) is 1.59. The van der Waals surface area contributed by atoms with Crippen molar-refractivity contribution in [3.63, 3.8) is 0 Å². The molecule has 0 saturated heterocycles. The van der Waals surface area contributed by atoms with Gasteiger partial charge in [0.05, 0.1) is 24.3 Å². The number of hydrogen-bond donors (Lipinski definition) is 3. The molecular weight excluding hydrogens is 324 g/mol. The summed E-state index contributed by atoms with van der Waals surface area (Å²) >= 11 is 6.13. The van der Waals surface area contributed by atoms with E-state index in [-0.39, 0.29) is 19.0 Å². The predicted octanol–water partition coefficient (Wildman–Crippen LogP) is 0.497. The van der Waals surface area contributed by atoms with Crippen molar-refractivity contribution in [2.45, 2.75) is 6.10 Å². The van der Waals surface area contributed by atoms with Gasteiger partial charge >= 0.3 is 0 Å². The lowest BCUT2D eigenvalue weighted by molar-refractivity contribution is -0.120. The first-order valence-electron chi connectivity index (χ1n) is 7.35. The predicted molar refractivity (Wildman–Crippen MR) is 85.2 cm³/mol. The summed E-state index contributed by atoms with van der Waals surface area (Å²) < 4.78 is 15.8. The molecule has 0 aliphatic carbocycles. The van der Waals surface area contributed by atoms with Gasteiger partial charge < -0.3 is 30.0 Å². The summed E-state index contributed by atoms with van der Waals surface area (Å²) in [6.45, 7) is 2.25. The molecule has 1 unspecified atom stereocenters. The van der Waals surface area contributed by atoms with E-state index in [1.807, 2.05) is 0 Å². The highest BCUT2D eigenvalue weighted by Crippen LogP contribution is 2.39. The Labute approximate surface area is 139 Å². The Bertz CT molecular complexity index is 541. The maximum atomic E-state index is 11.6. The Balaban J connectivity index is 1.85. The summed E-state index contributed by atoms with van der Waals surface area (Å²) in [6, 6.07) is 3.29. The summed E-state index contributed by atoms with van der Waals surface area (Å²) in [6.07, 6.45) is -0.883. The van der Waals surface area contributed by atoms with Crippen molar-refractivity contribution in [1.29, 1.82) is 0 Å². The number of fused-ring (bicyclic) bond motifs is 1. The Morgan fingerprint density at radius 2 is 2.22 bits per heavy atom. The molecule has 3 N–H and O–H groups in total. The minimum Gasteiger partial charge on any atom is -0.486 e. The Hall–Kier alpha value is -1.54. The van der Waals surface area contributed by atoms with Crippen LogP contribution < -0.4 is 20.1 Å². The molecule has 7 nitrogen and oxygen atoms in total. The van der Waals surface area contributed by atoms with Gasteiger partial charge in [-0.15, -0.1) is 0 Å². The Morgan fingerprint density at radius 1 is 1.43 bits per heavy atom. The van der Waals surface area contributed by atoms with Gasteiger partial charge in [0.25, 0.3) is 0 Å². The first kappa shape index (κ1) is 17.8. The molecule has 1 amide bonds. The summed E-state index contributed by atoms with van der Waals surface area (Å²) in [5, 5.41) is 16.1. The maximum Gasteiger partial charge on any atom is 0.234 e. The van der Waals surface area contributed by atoms with Gasteiger partial charge in [0, 0.05) is 20.2 Å². The number of amides is 1. The zero-order chi connectivity index (χ0) is 16.7. The third-order valence-corrected chi connectivity index (χ3v) is 3.55. The molecule has 1 heterocycles. The molecule has 0 bridgehead atoms. The van der Waals surface area contributed by atoms with Crippen LogP contribution in [0.2, 0.25) is 5.02 Å². The molecule has 1 atom stereocenters. The first-order valence-corrected chi connectivity index (χ1v) is 7.73. The lowest BCUT2D eigenvalue weighted by Crippen LogP contribution is -2.37. The van der Waals surface area contributed by atoms with Crippen LogP contribution in [0.4, 0.5) is 0 Å². The van der Waals surface area contributed by atoms with E-state index in [1.165, 1.54) is 0 Å². The second-order valence-electron chi connectivity index (χ2n) is 5.02. The van der Waals surface area contributed by atoms with Crippen molar-refractivity contribution in [1.82, 2.24) is 10.6 Å². The van der Waals surface area contributed by atoms with Crippen LogP contribution in [0.15, 0.2) is 12.1 Å². The highest BCUT2D eigenvalue weighted by atomic mass is 35.5. The van der Waals surface area contributed by atoms with E-state index in [0.717, 1.165) is 0 Å². The molecule has 0 spiro atoms. The van der Waals surface area contributed by atoms with Crippen LogP contribution >= 0.6 is 11.6 Å². The quantitative estimate of drug-likeness (QED) is 0.595. The normalized spacial score (nSPS) is 14.4. The third-order valence-electron chi connectivity index (χ3n) is 3.27. The number of carbonyl (C=O) groups is 1. The number of rotatable bonds is 8. The van der Waals surface area contributed by atoms with Crippen LogP contribution in [0, 0.1) is 0 Å². The van der Waals surface area contributed by atoms with E-state index >= 15 is 0 Å². The number of aliphatic hydroxyl groups excluding tert-OH is 1. The van der Waals surface area contributed by atoms with E-state index in [9.17, 15) is 9.90 Å². The largest absolute Gasteiger partial charge is 0.486 e. The zero-order valence-electron chi connectivity index (χ0n) is 12.9. The summed E-state index contributed by atoms with van der Waals surface area (Å²) in [5.74, 6) is 0.786. The molecular formula is C15H21ClN2O5. The molecule has 1 aromatic rings. The van der Waals surface area contributed by atoms with Gasteiger partial charge in [0.2, 0.25) is 5.91 Å². The zero-order valence-corrected chi connectivity index (χ0v) is 13.7. The molecule has 2 rings (SSSR count). The summed E-state index contributed by atoms with van der Waals surface area (Å²) in [4.78, 5) is 11.6. The smallest absolute Gasteiger partial charge is 0.234 e. The number of hydrogen-bond acceptors (Lipinski definition) is 6. The number of benzene rings is 1. The minimum absolute atomic E-state index is 0.0841. The van der Waals surface area contributed by atoms with Crippen molar-refractivity contribution in [3.8, 4) is 11.5 Å². The van der Waals surface area contributed by atoms with Crippen molar-refractivity contribution in [2.75, 3.05) is 46.6 Å². The number of methoxy groups -OCH3 is 1. The van der Waals surface area contributed by atoms with E-state index in [0.29, 0.717) is 48.5 Å². The highest BCUT2D eigenvalue weighted by Gasteiger charge is 2.19. The third kappa shape index (κ3) is 5.24. The van der Waals surface area contributed by atoms with Gasteiger partial charge in [0.1, 0.15) is 13.2 Å². The van der Waals surface area contributed by atoms with Crippen LogP contribution in [0.25, 0.3) is 0 Å². The summed E-state index contributed by atoms with van der Waals surface area (Å²) in [5.41, 5.74) is 0.562.